The van der Waals surface area contributed by atoms with Gasteiger partial charge in [0.05, 0.1) is 10.2 Å². The maximum absolute atomic E-state index is 12.0. The second kappa shape index (κ2) is 4.74. The third-order valence-electron chi connectivity index (χ3n) is 3.51. The average Bonchev–Trinajstić information content (AvgIpc) is 2.97. The van der Waals surface area contributed by atoms with E-state index in [1.165, 1.54) is 11.3 Å². The molecule has 1 aliphatic rings. The molecule has 1 aromatic heterocycles. The van der Waals surface area contributed by atoms with E-state index in [0.717, 1.165) is 20.9 Å². The van der Waals surface area contributed by atoms with E-state index in [-0.39, 0.29) is 11.8 Å². The summed E-state index contributed by atoms with van der Waals surface area (Å²) in [7, 11) is 0. The van der Waals surface area contributed by atoms with Crippen molar-refractivity contribution in [3.8, 4) is 0 Å². The van der Waals surface area contributed by atoms with E-state index in [1.807, 2.05) is 19.1 Å². The van der Waals surface area contributed by atoms with Crippen molar-refractivity contribution in [2.24, 2.45) is 11.7 Å². The monoisotopic (exact) mass is 295 g/mol. The molecule has 1 amide bonds. The molecule has 3 rings (SSSR count). The van der Waals surface area contributed by atoms with Crippen LogP contribution >= 0.6 is 22.9 Å². The number of amides is 1. The minimum Gasteiger partial charge on any atom is -0.330 e. The number of aryl methyl sites for hydroxylation is 1. The van der Waals surface area contributed by atoms with Gasteiger partial charge in [-0.15, -0.1) is 0 Å². The molecule has 4 nitrogen and oxygen atoms in total. The molecule has 1 aliphatic heterocycles. The van der Waals surface area contributed by atoms with Gasteiger partial charge in [-0.3, -0.25) is 9.69 Å². The number of hydrogen-bond acceptors (Lipinski definition) is 4. The van der Waals surface area contributed by atoms with Crippen LogP contribution in [0.15, 0.2) is 12.1 Å². The Labute approximate surface area is 120 Å². The smallest absolute Gasteiger partial charge is 0.229 e. The highest BCUT2D eigenvalue weighted by molar-refractivity contribution is 7.22. The van der Waals surface area contributed by atoms with Gasteiger partial charge in [0.25, 0.3) is 0 Å². The zero-order chi connectivity index (χ0) is 13.6. The Morgan fingerprint density at radius 1 is 1.58 bits per heavy atom. The first-order valence-corrected chi connectivity index (χ1v) is 7.35. The summed E-state index contributed by atoms with van der Waals surface area (Å²) in [5, 5.41) is 1.46. The minimum atomic E-state index is 0.109. The molecule has 2 N–H and O–H groups in total. The molecule has 100 valence electrons. The molecule has 2 heterocycles. The van der Waals surface area contributed by atoms with E-state index in [1.54, 1.807) is 4.90 Å². The van der Waals surface area contributed by atoms with Gasteiger partial charge in [0.15, 0.2) is 5.13 Å². The van der Waals surface area contributed by atoms with Crippen LogP contribution < -0.4 is 10.6 Å². The van der Waals surface area contributed by atoms with Gasteiger partial charge in [-0.1, -0.05) is 22.9 Å². The van der Waals surface area contributed by atoms with E-state index in [0.29, 0.717) is 24.5 Å². The molecule has 1 fully saturated rings. The van der Waals surface area contributed by atoms with Crippen LogP contribution in [-0.2, 0) is 4.79 Å². The second-order valence-corrected chi connectivity index (χ2v) is 6.24. The summed E-state index contributed by atoms with van der Waals surface area (Å²) in [4.78, 5) is 18.3. The number of anilines is 1. The Hall–Kier alpha value is -1.17. The number of rotatable bonds is 2. The number of benzene rings is 1. The Morgan fingerprint density at radius 2 is 2.37 bits per heavy atom. The molecule has 1 unspecified atom stereocenters. The van der Waals surface area contributed by atoms with E-state index in [4.69, 9.17) is 17.3 Å². The highest BCUT2D eigenvalue weighted by atomic mass is 35.5. The van der Waals surface area contributed by atoms with Crippen LogP contribution in [0.1, 0.15) is 12.0 Å². The quantitative estimate of drug-likeness (QED) is 0.926. The number of carbonyl (C=O) groups is 1. The fourth-order valence-electron chi connectivity index (χ4n) is 2.33. The van der Waals surface area contributed by atoms with Crippen molar-refractivity contribution in [1.29, 1.82) is 0 Å². The molecule has 6 heteroatoms. The van der Waals surface area contributed by atoms with Crippen molar-refractivity contribution in [2.45, 2.75) is 13.3 Å². The Morgan fingerprint density at radius 3 is 3.05 bits per heavy atom. The minimum absolute atomic E-state index is 0.109. The molecular weight excluding hydrogens is 282 g/mol. The number of thiazole rings is 1. The van der Waals surface area contributed by atoms with Crippen LogP contribution in [0.25, 0.3) is 10.2 Å². The first kappa shape index (κ1) is 12.8. The topological polar surface area (TPSA) is 59.2 Å². The van der Waals surface area contributed by atoms with Gasteiger partial charge < -0.3 is 5.73 Å². The molecule has 19 heavy (non-hydrogen) atoms. The van der Waals surface area contributed by atoms with Crippen molar-refractivity contribution in [1.82, 2.24) is 4.98 Å². The fourth-order valence-corrected chi connectivity index (χ4v) is 3.53. The van der Waals surface area contributed by atoms with Crippen molar-refractivity contribution in [2.75, 3.05) is 18.0 Å². The molecule has 0 saturated carbocycles. The van der Waals surface area contributed by atoms with Gasteiger partial charge in [0.1, 0.15) is 0 Å². The standard InChI is InChI=1S/C13H14ClN3OS/c1-7-9(14)2-3-10-12(7)16-13(19-10)17-6-8(5-15)4-11(17)18/h2-3,8H,4-6,15H2,1H3. The largest absolute Gasteiger partial charge is 0.330 e. The second-order valence-electron chi connectivity index (χ2n) is 4.83. The summed E-state index contributed by atoms with van der Waals surface area (Å²) >= 11 is 7.63. The molecule has 1 saturated heterocycles. The molecular formula is C13H14ClN3OS. The van der Waals surface area contributed by atoms with Crippen LogP contribution in [0.4, 0.5) is 5.13 Å². The number of halogens is 1. The number of nitrogens with zero attached hydrogens (tertiary/aromatic N) is 2. The summed E-state index contributed by atoms with van der Waals surface area (Å²) < 4.78 is 1.06. The Bertz CT molecular complexity index is 655. The maximum atomic E-state index is 12.0. The maximum Gasteiger partial charge on any atom is 0.229 e. The molecule has 0 aliphatic carbocycles. The van der Waals surface area contributed by atoms with Gasteiger partial charge >= 0.3 is 0 Å². The van der Waals surface area contributed by atoms with Gasteiger partial charge in [-0.2, -0.15) is 0 Å². The molecule has 0 bridgehead atoms. The molecule has 1 aromatic carbocycles. The number of aromatic nitrogens is 1. The molecule has 1 atom stereocenters. The third kappa shape index (κ3) is 2.12. The average molecular weight is 296 g/mol. The normalized spacial score (nSPS) is 19.6. The van der Waals surface area contributed by atoms with Crippen molar-refractivity contribution < 1.29 is 4.79 Å². The van der Waals surface area contributed by atoms with Gasteiger partial charge in [-0.05, 0) is 37.1 Å². The van der Waals surface area contributed by atoms with E-state index in [9.17, 15) is 4.79 Å². The number of carbonyl (C=O) groups excluding carboxylic acids is 1. The van der Waals surface area contributed by atoms with Gasteiger partial charge in [0, 0.05) is 18.0 Å². The van der Waals surface area contributed by atoms with Crippen LogP contribution in [-0.4, -0.2) is 24.0 Å². The van der Waals surface area contributed by atoms with Crippen LogP contribution in [0.3, 0.4) is 0 Å². The molecule has 0 spiro atoms. The van der Waals surface area contributed by atoms with Crippen molar-refractivity contribution in [3.63, 3.8) is 0 Å². The first-order chi connectivity index (χ1) is 9.10. The molecule has 2 aromatic rings. The molecule has 0 radical (unpaired) electrons. The Balaban J connectivity index is 2.02. The lowest BCUT2D eigenvalue weighted by Crippen LogP contribution is -2.25. The third-order valence-corrected chi connectivity index (χ3v) is 4.96. The van der Waals surface area contributed by atoms with Crippen LogP contribution in [0.2, 0.25) is 5.02 Å². The summed E-state index contributed by atoms with van der Waals surface area (Å²) in [6.07, 6.45) is 0.520. The Kier molecular flexibility index (Phi) is 3.20. The lowest BCUT2D eigenvalue weighted by atomic mass is 10.1. The predicted octanol–water partition coefficient (Wildman–Crippen LogP) is 2.57. The highest BCUT2D eigenvalue weighted by Gasteiger charge is 2.31. The predicted molar refractivity (Wildman–Crippen MR) is 78.9 cm³/mol. The fraction of sp³-hybridized carbons (Fsp3) is 0.385. The van der Waals surface area contributed by atoms with Crippen molar-refractivity contribution >= 4 is 44.2 Å². The summed E-state index contributed by atoms with van der Waals surface area (Å²) in [6.45, 7) is 3.16. The first-order valence-electron chi connectivity index (χ1n) is 6.16. The zero-order valence-electron chi connectivity index (χ0n) is 10.5. The van der Waals surface area contributed by atoms with Gasteiger partial charge in [-0.25, -0.2) is 4.98 Å². The summed E-state index contributed by atoms with van der Waals surface area (Å²) in [6, 6.07) is 3.82. The van der Waals surface area contributed by atoms with Crippen LogP contribution in [0, 0.1) is 12.8 Å². The summed E-state index contributed by atoms with van der Waals surface area (Å²) in [5.41, 5.74) is 7.49. The number of fused-ring (bicyclic) bond motifs is 1. The van der Waals surface area contributed by atoms with E-state index in [2.05, 4.69) is 4.98 Å². The lowest BCUT2D eigenvalue weighted by molar-refractivity contribution is -0.117. The zero-order valence-corrected chi connectivity index (χ0v) is 12.1. The van der Waals surface area contributed by atoms with Crippen molar-refractivity contribution in [3.05, 3.63) is 22.7 Å². The van der Waals surface area contributed by atoms with E-state index >= 15 is 0 Å². The SMILES string of the molecule is Cc1c(Cl)ccc2sc(N3CC(CN)CC3=O)nc12. The summed E-state index contributed by atoms with van der Waals surface area (Å²) in [5.74, 6) is 0.349. The lowest BCUT2D eigenvalue weighted by Gasteiger charge is -2.11. The van der Waals surface area contributed by atoms with E-state index < -0.39 is 0 Å². The number of nitrogens with two attached hydrogens (primary N) is 1. The highest BCUT2D eigenvalue weighted by Crippen LogP contribution is 2.35. The van der Waals surface area contributed by atoms with Gasteiger partial charge in [0.2, 0.25) is 5.91 Å². The number of hydrogen-bond donors (Lipinski definition) is 1. The van der Waals surface area contributed by atoms with Crippen LogP contribution in [0.5, 0.6) is 0 Å².